The molecule has 0 atom stereocenters. The summed E-state index contributed by atoms with van der Waals surface area (Å²) in [5, 5.41) is 6.49. The zero-order valence-corrected chi connectivity index (χ0v) is 19.5. The van der Waals surface area contributed by atoms with Gasteiger partial charge in [0.15, 0.2) is 0 Å². The van der Waals surface area contributed by atoms with Crippen LogP contribution >= 0.6 is 0 Å². The van der Waals surface area contributed by atoms with Crippen molar-refractivity contribution in [2.45, 2.75) is 0 Å². The summed E-state index contributed by atoms with van der Waals surface area (Å²) in [6.45, 7) is 0. The molecule has 0 aliphatic carbocycles. The maximum absolute atomic E-state index is 8.74. The van der Waals surface area contributed by atoms with Crippen molar-refractivity contribution >= 4 is 55.9 Å². The fourth-order valence-electron chi connectivity index (χ4n) is 2.60. The smallest absolute Gasteiger partial charge is 0.394 e. The second kappa shape index (κ2) is 12.7. The Balaban J connectivity index is 0.000000208. The molecule has 0 amide bonds. The van der Waals surface area contributed by atoms with Crippen molar-refractivity contribution in [1.29, 1.82) is 0 Å². The number of hydrogen-bond acceptors (Lipinski definition) is 8. The first-order chi connectivity index (χ1) is 16.5. The van der Waals surface area contributed by atoms with Crippen LogP contribution in [0.3, 0.4) is 0 Å². The fraction of sp³-hybridized carbons (Fsp3) is 0. The van der Waals surface area contributed by atoms with Gasteiger partial charge in [-0.2, -0.15) is 8.42 Å². The molecule has 4 aromatic carbocycles. The lowest BCUT2D eigenvalue weighted by atomic mass is 10.2. The molecule has 0 radical (unpaired) electrons. The zero-order chi connectivity index (χ0) is 25.8. The molecular formula is C24H28N6O4S. The monoisotopic (exact) mass is 496 g/mol. The molecule has 4 rings (SSSR count). The summed E-state index contributed by atoms with van der Waals surface area (Å²) in [6.07, 6.45) is 0. The average molecular weight is 497 g/mol. The van der Waals surface area contributed by atoms with Crippen LogP contribution in [0, 0.1) is 0 Å². The Morgan fingerprint density at radius 2 is 0.571 bits per heavy atom. The first-order valence-electron chi connectivity index (χ1n) is 10.1. The Morgan fingerprint density at radius 1 is 0.429 bits per heavy atom. The van der Waals surface area contributed by atoms with Crippen molar-refractivity contribution < 1.29 is 17.5 Å². The third kappa shape index (κ3) is 11.8. The fourth-order valence-corrected chi connectivity index (χ4v) is 2.60. The molecule has 11 heteroatoms. The predicted octanol–water partition coefficient (Wildman–Crippen LogP) is 4.54. The minimum absolute atomic E-state index is 0.762. The summed E-state index contributed by atoms with van der Waals surface area (Å²) < 4.78 is 31.6. The molecule has 0 spiro atoms. The Hall–Kier alpha value is -4.45. The number of rotatable bonds is 4. The van der Waals surface area contributed by atoms with Crippen molar-refractivity contribution in [3.8, 4) is 0 Å². The SMILES string of the molecule is Nc1ccc(Nc2ccc(N)cc2)cc1.Nc1ccc(Nc2ccc(N)cc2)cc1.O=S(=O)(O)O. The number of anilines is 8. The number of hydrogen-bond donors (Lipinski definition) is 8. The van der Waals surface area contributed by atoms with E-state index in [1.165, 1.54) is 0 Å². The van der Waals surface area contributed by atoms with Gasteiger partial charge in [-0.05, 0) is 97.1 Å². The van der Waals surface area contributed by atoms with E-state index in [9.17, 15) is 0 Å². The highest BCUT2D eigenvalue weighted by molar-refractivity contribution is 7.79. The highest BCUT2D eigenvalue weighted by Crippen LogP contribution is 2.19. The largest absolute Gasteiger partial charge is 0.399 e. The summed E-state index contributed by atoms with van der Waals surface area (Å²) in [7, 11) is -4.67. The molecule has 12 N–H and O–H groups in total. The lowest BCUT2D eigenvalue weighted by molar-refractivity contribution is 0.381. The highest BCUT2D eigenvalue weighted by atomic mass is 32.3. The Bertz CT molecular complexity index is 1100. The molecule has 0 aromatic heterocycles. The van der Waals surface area contributed by atoms with Crippen molar-refractivity contribution in [3.63, 3.8) is 0 Å². The van der Waals surface area contributed by atoms with Crippen LogP contribution in [0.25, 0.3) is 0 Å². The van der Waals surface area contributed by atoms with E-state index in [1.54, 1.807) is 0 Å². The van der Waals surface area contributed by atoms with Crippen molar-refractivity contribution in [2.75, 3.05) is 33.6 Å². The van der Waals surface area contributed by atoms with Crippen LogP contribution in [0.1, 0.15) is 0 Å². The van der Waals surface area contributed by atoms with Gasteiger partial charge in [-0.3, -0.25) is 9.11 Å². The minimum atomic E-state index is -4.67. The summed E-state index contributed by atoms with van der Waals surface area (Å²) in [5.41, 5.74) is 29.5. The molecule has 184 valence electrons. The van der Waals surface area contributed by atoms with Crippen molar-refractivity contribution in [1.82, 2.24) is 0 Å². The molecule has 0 aliphatic heterocycles. The average Bonchev–Trinajstić information content (AvgIpc) is 2.79. The molecule has 10 nitrogen and oxygen atoms in total. The van der Waals surface area contributed by atoms with E-state index in [2.05, 4.69) is 10.6 Å². The summed E-state index contributed by atoms with van der Waals surface area (Å²) in [6, 6.07) is 30.4. The molecule has 0 unspecified atom stereocenters. The second-order valence-electron chi connectivity index (χ2n) is 7.19. The number of nitrogens with one attached hydrogen (secondary N) is 2. The van der Waals surface area contributed by atoms with Gasteiger partial charge in [0.1, 0.15) is 0 Å². The molecule has 0 saturated heterocycles. The maximum atomic E-state index is 8.74. The molecular weight excluding hydrogens is 468 g/mol. The van der Waals surface area contributed by atoms with Gasteiger partial charge in [0.25, 0.3) is 0 Å². The van der Waals surface area contributed by atoms with E-state index in [1.807, 2.05) is 97.1 Å². The lowest BCUT2D eigenvalue weighted by Crippen LogP contribution is -1.91. The number of nitrogen functional groups attached to an aromatic ring is 4. The van der Waals surface area contributed by atoms with E-state index in [0.29, 0.717) is 0 Å². The normalized spacial score (nSPS) is 10.1. The van der Waals surface area contributed by atoms with Crippen LogP contribution in [0.4, 0.5) is 45.5 Å². The van der Waals surface area contributed by atoms with Crippen LogP contribution in [0.5, 0.6) is 0 Å². The first kappa shape index (κ1) is 26.8. The van der Waals surface area contributed by atoms with Gasteiger partial charge in [-0.15, -0.1) is 0 Å². The molecule has 0 fully saturated rings. The first-order valence-corrected chi connectivity index (χ1v) is 11.5. The Kier molecular flexibility index (Phi) is 9.72. The summed E-state index contributed by atoms with van der Waals surface area (Å²) in [4.78, 5) is 0. The predicted molar refractivity (Wildman–Crippen MR) is 144 cm³/mol. The summed E-state index contributed by atoms with van der Waals surface area (Å²) in [5.74, 6) is 0. The zero-order valence-electron chi connectivity index (χ0n) is 18.7. The van der Waals surface area contributed by atoms with Gasteiger partial charge in [-0.25, -0.2) is 0 Å². The van der Waals surface area contributed by atoms with Gasteiger partial charge in [0, 0.05) is 45.5 Å². The van der Waals surface area contributed by atoms with E-state index in [4.69, 9.17) is 40.5 Å². The van der Waals surface area contributed by atoms with Gasteiger partial charge in [0.2, 0.25) is 0 Å². The standard InChI is InChI=1S/2C12H13N3.H2O4S/c2*13-9-1-5-11(6-2-9)15-12-7-3-10(14)4-8-12;1-5(2,3)4/h2*1-8,15H,13-14H2;(H2,1,2,3,4). The molecule has 4 aromatic rings. The molecule has 35 heavy (non-hydrogen) atoms. The minimum Gasteiger partial charge on any atom is -0.399 e. The maximum Gasteiger partial charge on any atom is 0.394 e. The molecule has 0 bridgehead atoms. The van der Waals surface area contributed by atoms with Crippen molar-refractivity contribution in [2.24, 2.45) is 0 Å². The van der Waals surface area contributed by atoms with Crippen LogP contribution in [-0.2, 0) is 10.4 Å². The van der Waals surface area contributed by atoms with Gasteiger partial charge in [-0.1, -0.05) is 0 Å². The highest BCUT2D eigenvalue weighted by Gasteiger charge is 1.95. The van der Waals surface area contributed by atoms with E-state index in [0.717, 1.165) is 45.5 Å². The lowest BCUT2D eigenvalue weighted by Gasteiger charge is -2.06. The van der Waals surface area contributed by atoms with Gasteiger partial charge < -0.3 is 33.6 Å². The van der Waals surface area contributed by atoms with E-state index < -0.39 is 10.4 Å². The summed E-state index contributed by atoms with van der Waals surface area (Å²) >= 11 is 0. The van der Waals surface area contributed by atoms with Gasteiger partial charge >= 0.3 is 10.4 Å². The number of nitrogens with two attached hydrogens (primary N) is 4. The number of benzene rings is 4. The Labute approximate surface area is 204 Å². The van der Waals surface area contributed by atoms with Crippen LogP contribution < -0.4 is 33.6 Å². The quantitative estimate of drug-likeness (QED) is 0.146. The van der Waals surface area contributed by atoms with Gasteiger partial charge in [0.05, 0.1) is 0 Å². The van der Waals surface area contributed by atoms with Crippen LogP contribution in [-0.4, -0.2) is 17.5 Å². The third-order valence-corrected chi connectivity index (χ3v) is 4.22. The van der Waals surface area contributed by atoms with Crippen LogP contribution in [0.2, 0.25) is 0 Å². The van der Waals surface area contributed by atoms with Crippen LogP contribution in [0.15, 0.2) is 97.1 Å². The molecule has 0 heterocycles. The van der Waals surface area contributed by atoms with E-state index in [-0.39, 0.29) is 0 Å². The van der Waals surface area contributed by atoms with Crippen molar-refractivity contribution in [3.05, 3.63) is 97.1 Å². The van der Waals surface area contributed by atoms with E-state index >= 15 is 0 Å². The molecule has 0 aliphatic rings. The topological polar surface area (TPSA) is 203 Å². The Morgan fingerprint density at radius 3 is 0.714 bits per heavy atom. The third-order valence-electron chi connectivity index (χ3n) is 4.22. The molecule has 0 saturated carbocycles. The second-order valence-corrected chi connectivity index (χ2v) is 8.08.